The third kappa shape index (κ3) is 3.24. The number of nitrogens with one attached hydrogen (secondary N) is 1. The maximum Gasteiger partial charge on any atom is 0.259 e. The van der Waals surface area contributed by atoms with Crippen LogP contribution in [0.5, 0.6) is 5.75 Å². The first-order chi connectivity index (χ1) is 11.2. The topological polar surface area (TPSA) is 55.0 Å². The Hall–Kier alpha value is -2.66. The molecule has 0 atom stereocenters. The molecule has 23 heavy (non-hydrogen) atoms. The molecule has 0 fully saturated rings. The van der Waals surface area contributed by atoms with Gasteiger partial charge in [0.15, 0.2) is 0 Å². The summed E-state index contributed by atoms with van der Waals surface area (Å²) in [7, 11) is 1.65. The molecule has 0 radical (unpaired) electrons. The van der Waals surface area contributed by atoms with Crippen LogP contribution in [0.1, 0.15) is 18.3 Å². The molecule has 0 amide bonds. The van der Waals surface area contributed by atoms with Crippen molar-refractivity contribution >= 4 is 33.2 Å². The van der Waals surface area contributed by atoms with E-state index in [2.05, 4.69) is 9.97 Å². The summed E-state index contributed by atoms with van der Waals surface area (Å²) >= 11 is 1.47. The molecule has 0 saturated heterocycles. The van der Waals surface area contributed by atoms with Gasteiger partial charge >= 0.3 is 0 Å². The summed E-state index contributed by atoms with van der Waals surface area (Å²) in [6.45, 7) is 1.92. The van der Waals surface area contributed by atoms with E-state index in [1.165, 1.54) is 11.3 Å². The lowest BCUT2D eigenvalue weighted by atomic mass is 10.1. The number of hydrogen-bond acceptors (Lipinski definition) is 4. The van der Waals surface area contributed by atoms with Crippen LogP contribution in [0, 0.1) is 0 Å². The number of H-pyrrole nitrogens is 1. The van der Waals surface area contributed by atoms with Crippen molar-refractivity contribution in [2.45, 2.75) is 6.92 Å². The minimum atomic E-state index is -0.104. The minimum absolute atomic E-state index is 0.104. The standard InChI is InChI=1S/C18H16N2O2S/c1-12(6-5-8-13-7-3-4-9-15(13)22-2)16-19-17(21)14-10-11-23-18(14)20-16/h3-11H,1-2H3,(H,19,20,21)/b8-5+,12-6+. The molecule has 0 aliphatic heterocycles. The van der Waals surface area contributed by atoms with E-state index in [1.54, 1.807) is 13.2 Å². The van der Waals surface area contributed by atoms with E-state index in [9.17, 15) is 4.79 Å². The average Bonchev–Trinajstić information content (AvgIpc) is 3.04. The molecule has 0 aliphatic carbocycles. The van der Waals surface area contributed by atoms with E-state index >= 15 is 0 Å². The summed E-state index contributed by atoms with van der Waals surface area (Å²) in [5, 5.41) is 2.51. The SMILES string of the molecule is COc1ccccc1/C=C/C=C(\C)c1nc2sccc2c(=O)[nH]1. The lowest BCUT2D eigenvalue weighted by molar-refractivity contribution is 0.414. The molecule has 2 aromatic heterocycles. The van der Waals surface area contributed by atoms with Gasteiger partial charge in [0.05, 0.1) is 12.5 Å². The first kappa shape index (κ1) is 15.2. The van der Waals surface area contributed by atoms with Crippen LogP contribution in [-0.2, 0) is 0 Å². The van der Waals surface area contributed by atoms with E-state index < -0.39 is 0 Å². The summed E-state index contributed by atoms with van der Waals surface area (Å²) in [6, 6.07) is 9.58. The fourth-order valence-electron chi connectivity index (χ4n) is 2.23. The van der Waals surface area contributed by atoms with Crippen LogP contribution < -0.4 is 10.3 Å². The number of rotatable bonds is 4. The number of thiophene rings is 1. The van der Waals surface area contributed by atoms with E-state index in [4.69, 9.17) is 4.74 Å². The molecule has 0 aliphatic rings. The van der Waals surface area contributed by atoms with Gasteiger partial charge in [-0.3, -0.25) is 4.79 Å². The van der Waals surface area contributed by atoms with E-state index in [0.717, 1.165) is 21.7 Å². The minimum Gasteiger partial charge on any atom is -0.496 e. The van der Waals surface area contributed by atoms with Gasteiger partial charge < -0.3 is 9.72 Å². The van der Waals surface area contributed by atoms with Gasteiger partial charge in [-0.2, -0.15) is 0 Å². The summed E-state index contributed by atoms with van der Waals surface area (Å²) < 4.78 is 5.31. The van der Waals surface area contributed by atoms with Gasteiger partial charge in [0, 0.05) is 5.56 Å². The normalized spacial score (nSPS) is 12.2. The summed E-state index contributed by atoms with van der Waals surface area (Å²) in [6.07, 6.45) is 5.81. The van der Waals surface area contributed by atoms with E-state index in [0.29, 0.717) is 11.2 Å². The smallest absolute Gasteiger partial charge is 0.259 e. The molecule has 1 N–H and O–H groups in total. The molecule has 0 bridgehead atoms. The zero-order valence-corrected chi connectivity index (χ0v) is 13.7. The zero-order valence-electron chi connectivity index (χ0n) is 12.9. The molecule has 0 unspecified atom stereocenters. The van der Waals surface area contributed by atoms with Gasteiger partial charge in [-0.25, -0.2) is 4.98 Å². The number of ether oxygens (including phenoxy) is 1. The van der Waals surface area contributed by atoms with Crippen LogP contribution in [0.3, 0.4) is 0 Å². The summed E-state index contributed by atoms with van der Waals surface area (Å²) in [5.74, 6) is 1.41. The number of hydrogen-bond donors (Lipinski definition) is 1. The van der Waals surface area contributed by atoms with Gasteiger partial charge in [-0.15, -0.1) is 11.3 Å². The Labute approximate surface area is 137 Å². The average molecular weight is 324 g/mol. The third-order valence-corrected chi connectivity index (χ3v) is 4.28. The molecule has 1 aromatic carbocycles. The van der Waals surface area contributed by atoms with Crippen LogP contribution in [0.25, 0.3) is 21.9 Å². The van der Waals surface area contributed by atoms with Crippen molar-refractivity contribution < 1.29 is 4.74 Å². The Morgan fingerprint density at radius 1 is 1.30 bits per heavy atom. The Morgan fingerprint density at radius 3 is 2.96 bits per heavy atom. The van der Waals surface area contributed by atoms with Crippen molar-refractivity contribution in [3.05, 3.63) is 69.6 Å². The highest BCUT2D eigenvalue weighted by Crippen LogP contribution is 2.20. The molecular weight excluding hydrogens is 308 g/mol. The second kappa shape index (κ2) is 6.62. The molecule has 0 saturated carbocycles. The van der Waals surface area contributed by atoms with Gasteiger partial charge in [-0.1, -0.05) is 36.4 Å². The largest absolute Gasteiger partial charge is 0.496 e. The highest BCUT2D eigenvalue weighted by molar-refractivity contribution is 7.16. The molecule has 3 rings (SSSR count). The van der Waals surface area contributed by atoms with Crippen molar-refractivity contribution in [3.63, 3.8) is 0 Å². The molecular formula is C18H16N2O2S. The highest BCUT2D eigenvalue weighted by atomic mass is 32.1. The van der Waals surface area contributed by atoms with Gasteiger partial charge in [0.25, 0.3) is 5.56 Å². The predicted octanol–water partition coefficient (Wildman–Crippen LogP) is 4.11. The van der Waals surface area contributed by atoms with Gasteiger partial charge in [0.1, 0.15) is 16.4 Å². The Morgan fingerprint density at radius 2 is 2.13 bits per heavy atom. The number of benzene rings is 1. The first-order valence-corrected chi connectivity index (χ1v) is 8.03. The van der Waals surface area contributed by atoms with Crippen LogP contribution in [0.4, 0.5) is 0 Å². The second-order valence-corrected chi connectivity index (χ2v) is 5.90. The van der Waals surface area contributed by atoms with Crippen LogP contribution in [-0.4, -0.2) is 17.1 Å². The monoisotopic (exact) mass is 324 g/mol. The number of aromatic amines is 1. The maximum atomic E-state index is 12.0. The second-order valence-electron chi connectivity index (χ2n) is 5.00. The van der Waals surface area contributed by atoms with Gasteiger partial charge in [-0.05, 0) is 30.0 Å². The van der Waals surface area contributed by atoms with E-state index in [1.807, 2.05) is 54.8 Å². The molecule has 116 valence electrons. The highest BCUT2D eigenvalue weighted by Gasteiger charge is 2.05. The molecule has 0 spiro atoms. The lowest BCUT2D eigenvalue weighted by Gasteiger charge is -2.03. The lowest BCUT2D eigenvalue weighted by Crippen LogP contribution is -2.09. The van der Waals surface area contributed by atoms with Crippen molar-refractivity contribution in [2.75, 3.05) is 7.11 Å². The molecule has 4 nitrogen and oxygen atoms in total. The molecule has 3 aromatic rings. The number of methoxy groups -OCH3 is 1. The fourth-order valence-corrected chi connectivity index (χ4v) is 3.00. The van der Waals surface area contributed by atoms with Crippen LogP contribution >= 0.6 is 11.3 Å². The van der Waals surface area contributed by atoms with Crippen molar-refractivity contribution in [2.24, 2.45) is 0 Å². The summed E-state index contributed by atoms with van der Waals surface area (Å²) in [5.41, 5.74) is 1.78. The molecule has 5 heteroatoms. The fraction of sp³-hybridized carbons (Fsp3) is 0.111. The number of nitrogens with zero attached hydrogens (tertiary/aromatic N) is 1. The van der Waals surface area contributed by atoms with Gasteiger partial charge in [0.2, 0.25) is 0 Å². The third-order valence-electron chi connectivity index (χ3n) is 3.47. The van der Waals surface area contributed by atoms with Crippen molar-refractivity contribution in [1.29, 1.82) is 0 Å². The van der Waals surface area contributed by atoms with Crippen molar-refractivity contribution in [1.82, 2.24) is 9.97 Å². The Bertz CT molecular complexity index is 951. The number of allylic oxidation sites excluding steroid dienone is 3. The number of para-hydroxylation sites is 1. The maximum absolute atomic E-state index is 12.0. The summed E-state index contributed by atoms with van der Waals surface area (Å²) in [4.78, 5) is 20.1. The number of aromatic nitrogens is 2. The van der Waals surface area contributed by atoms with Crippen molar-refractivity contribution in [3.8, 4) is 5.75 Å². The van der Waals surface area contributed by atoms with Crippen LogP contribution in [0.15, 0.2) is 52.7 Å². The quantitative estimate of drug-likeness (QED) is 0.735. The predicted molar refractivity (Wildman–Crippen MR) is 95.9 cm³/mol. The first-order valence-electron chi connectivity index (χ1n) is 7.15. The Kier molecular flexibility index (Phi) is 4.39. The molecule has 2 heterocycles. The Balaban J connectivity index is 1.89. The van der Waals surface area contributed by atoms with E-state index in [-0.39, 0.29) is 5.56 Å². The van der Waals surface area contributed by atoms with Crippen LogP contribution in [0.2, 0.25) is 0 Å². The zero-order chi connectivity index (χ0) is 16.2. The number of fused-ring (bicyclic) bond motifs is 1.